The van der Waals surface area contributed by atoms with Crippen LogP contribution in [0, 0.1) is 0 Å². The molecule has 0 spiro atoms. The minimum atomic E-state index is -0.143. The second kappa shape index (κ2) is 8.73. The first-order valence-corrected chi connectivity index (χ1v) is 9.15. The second-order valence-corrected chi connectivity index (χ2v) is 6.82. The summed E-state index contributed by atoms with van der Waals surface area (Å²) in [6.45, 7) is 0.571. The van der Waals surface area contributed by atoms with E-state index in [-0.39, 0.29) is 12.3 Å². The summed E-state index contributed by atoms with van der Waals surface area (Å²) in [6, 6.07) is 15.2. The van der Waals surface area contributed by atoms with E-state index in [1.165, 1.54) is 0 Å². The van der Waals surface area contributed by atoms with Gasteiger partial charge in [0.05, 0.1) is 33.4 Å². The van der Waals surface area contributed by atoms with Gasteiger partial charge in [-0.2, -0.15) is 5.10 Å². The molecule has 0 bridgehead atoms. The topological polar surface area (TPSA) is 65.4 Å². The third-order valence-electron chi connectivity index (χ3n) is 4.07. The Hall–Kier alpha value is -2.80. The van der Waals surface area contributed by atoms with Gasteiger partial charge in [-0.05, 0) is 23.8 Å². The fourth-order valence-electron chi connectivity index (χ4n) is 2.69. The number of carbonyl (C=O) groups excluding carboxylic acids is 1. The molecule has 1 N–H and O–H groups in total. The first-order chi connectivity index (χ1) is 13.1. The standard InChI is InChI=1S/C20H20BrN3O3/c1-26-17-8-5-15(18(12-17)27-2)11-20(25)23-19-9-10-22-24(19)13-14-3-6-16(21)7-4-14/h3-10,12H,11,13H2,1-2H3,(H,23,25). The van der Waals surface area contributed by atoms with Crippen LogP contribution in [0.3, 0.4) is 0 Å². The van der Waals surface area contributed by atoms with Crippen molar-refractivity contribution in [3.8, 4) is 11.5 Å². The normalized spacial score (nSPS) is 10.5. The predicted octanol–water partition coefficient (Wildman–Crippen LogP) is 3.89. The summed E-state index contributed by atoms with van der Waals surface area (Å²) in [6.07, 6.45) is 1.86. The van der Waals surface area contributed by atoms with E-state index in [0.29, 0.717) is 23.9 Å². The van der Waals surface area contributed by atoms with Gasteiger partial charge in [0.15, 0.2) is 0 Å². The fraction of sp³-hybridized carbons (Fsp3) is 0.200. The molecule has 0 aliphatic heterocycles. The molecule has 0 aliphatic rings. The Morgan fingerprint density at radius 3 is 2.59 bits per heavy atom. The van der Waals surface area contributed by atoms with Gasteiger partial charge >= 0.3 is 0 Å². The molecule has 1 aromatic heterocycles. The zero-order valence-corrected chi connectivity index (χ0v) is 16.7. The lowest BCUT2D eigenvalue weighted by molar-refractivity contribution is -0.115. The van der Waals surface area contributed by atoms with Crippen molar-refractivity contribution >= 4 is 27.7 Å². The van der Waals surface area contributed by atoms with E-state index in [0.717, 1.165) is 15.6 Å². The third-order valence-corrected chi connectivity index (χ3v) is 4.60. The summed E-state index contributed by atoms with van der Waals surface area (Å²) < 4.78 is 13.3. The number of amides is 1. The Morgan fingerprint density at radius 1 is 1.11 bits per heavy atom. The summed E-state index contributed by atoms with van der Waals surface area (Å²) >= 11 is 3.43. The molecule has 0 saturated carbocycles. The lowest BCUT2D eigenvalue weighted by Crippen LogP contribution is -2.18. The Morgan fingerprint density at radius 2 is 1.89 bits per heavy atom. The number of benzene rings is 2. The van der Waals surface area contributed by atoms with Gasteiger partial charge in [0.2, 0.25) is 5.91 Å². The first-order valence-electron chi connectivity index (χ1n) is 8.36. The number of rotatable bonds is 7. The zero-order valence-electron chi connectivity index (χ0n) is 15.1. The summed E-state index contributed by atoms with van der Waals surface area (Å²) in [7, 11) is 3.16. The average Bonchev–Trinajstić information content (AvgIpc) is 3.10. The third kappa shape index (κ3) is 4.89. The molecule has 0 radical (unpaired) electrons. The molecular weight excluding hydrogens is 410 g/mol. The Bertz CT molecular complexity index is 922. The molecular formula is C20H20BrN3O3. The molecule has 1 heterocycles. The number of nitrogens with zero attached hydrogens (tertiary/aromatic N) is 2. The van der Waals surface area contributed by atoms with Gasteiger partial charge < -0.3 is 14.8 Å². The maximum atomic E-state index is 12.5. The molecule has 2 aromatic carbocycles. The van der Waals surface area contributed by atoms with Crippen LogP contribution in [0.2, 0.25) is 0 Å². The minimum absolute atomic E-state index is 0.143. The monoisotopic (exact) mass is 429 g/mol. The maximum absolute atomic E-state index is 12.5. The summed E-state index contributed by atoms with van der Waals surface area (Å²) in [5, 5.41) is 7.22. The zero-order chi connectivity index (χ0) is 19.2. The highest BCUT2D eigenvalue weighted by atomic mass is 79.9. The van der Waals surface area contributed by atoms with E-state index in [4.69, 9.17) is 9.47 Å². The number of anilines is 1. The number of carbonyl (C=O) groups is 1. The smallest absolute Gasteiger partial charge is 0.230 e. The van der Waals surface area contributed by atoms with Crippen LogP contribution in [0.5, 0.6) is 11.5 Å². The van der Waals surface area contributed by atoms with Gasteiger partial charge in [-0.25, -0.2) is 4.68 Å². The summed E-state index contributed by atoms with van der Waals surface area (Å²) in [5.41, 5.74) is 1.88. The van der Waals surface area contributed by atoms with Crippen LogP contribution < -0.4 is 14.8 Å². The van der Waals surface area contributed by atoms with E-state index < -0.39 is 0 Å². The number of methoxy groups -OCH3 is 2. The average molecular weight is 430 g/mol. The van der Waals surface area contributed by atoms with Crippen molar-refractivity contribution in [3.05, 3.63) is 70.3 Å². The summed E-state index contributed by atoms with van der Waals surface area (Å²) in [4.78, 5) is 12.5. The minimum Gasteiger partial charge on any atom is -0.497 e. The van der Waals surface area contributed by atoms with Crippen molar-refractivity contribution in [2.45, 2.75) is 13.0 Å². The Labute approximate surface area is 166 Å². The molecule has 27 heavy (non-hydrogen) atoms. The molecule has 0 atom stereocenters. The van der Waals surface area contributed by atoms with Crippen molar-refractivity contribution in [1.82, 2.24) is 9.78 Å². The van der Waals surface area contributed by atoms with Crippen LogP contribution in [0.15, 0.2) is 59.2 Å². The van der Waals surface area contributed by atoms with Crippen LogP contribution in [0.4, 0.5) is 5.82 Å². The molecule has 0 unspecified atom stereocenters. The molecule has 3 aromatic rings. The van der Waals surface area contributed by atoms with Crippen molar-refractivity contribution in [2.75, 3.05) is 19.5 Å². The van der Waals surface area contributed by atoms with E-state index in [1.54, 1.807) is 37.2 Å². The van der Waals surface area contributed by atoms with Crippen molar-refractivity contribution < 1.29 is 14.3 Å². The highest BCUT2D eigenvalue weighted by Crippen LogP contribution is 2.25. The van der Waals surface area contributed by atoms with E-state index in [2.05, 4.69) is 26.3 Å². The van der Waals surface area contributed by atoms with E-state index in [1.807, 2.05) is 36.4 Å². The molecule has 0 fully saturated rings. The van der Waals surface area contributed by atoms with Gasteiger partial charge in [0, 0.05) is 22.2 Å². The number of hydrogen-bond donors (Lipinski definition) is 1. The van der Waals surface area contributed by atoms with Gasteiger partial charge in [-0.15, -0.1) is 0 Å². The molecule has 6 nitrogen and oxygen atoms in total. The highest BCUT2D eigenvalue weighted by molar-refractivity contribution is 9.10. The van der Waals surface area contributed by atoms with Crippen molar-refractivity contribution in [2.24, 2.45) is 0 Å². The number of halogens is 1. The maximum Gasteiger partial charge on any atom is 0.230 e. The Kier molecular flexibility index (Phi) is 6.13. The van der Waals surface area contributed by atoms with Gasteiger partial charge in [-0.1, -0.05) is 34.1 Å². The Balaban J connectivity index is 1.68. The quantitative estimate of drug-likeness (QED) is 0.618. The lowest BCUT2D eigenvalue weighted by Gasteiger charge is -2.12. The number of hydrogen-bond acceptors (Lipinski definition) is 4. The number of ether oxygens (including phenoxy) is 2. The molecule has 7 heteroatoms. The highest BCUT2D eigenvalue weighted by Gasteiger charge is 2.12. The first kappa shape index (κ1) is 19.0. The van der Waals surface area contributed by atoms with E-state index >= 15 is 0 Å². The van der Waals surface area contributed by atoms with Crippen LogP contribution in [-0.2, 0) is 17.8 Å². The predicted molar refractivity (Wildman–Crippen MR) is 107 cm³/mol. The molecule has 140 valence electrons. The fourth-order valence-corrected chi connectivity index (χ4v) is 2.95. The van der Waals surface area contributed by atoms with Crippen molar-refractivity contribution in [1.29, 1.82) is 0 Å². The largest absolute Gasteiger partial charge is 0.497 e. The van der Waals surface area contributed by atoms with Crippen LogP contribution >= 0.6 is 15.9 Å². The molecule has 0 aliphatic carbocycles. The second-order valence-electron chi connectivity index (χ2n) is 5.90. The van der Waals surface area contributed by atoms with Crippen LogP contribution in [0.1, 0.15) is 11.1 Å². The number of nitrogens with one attached hydrogen (secondary N) is 1. The number of aromatic nitrogens is 2. The van der Waals surface area contributed by atoms with Gasteiger partial charge in [0.25, 0.3) is 0 Å². The van der Waals surface area contributed by atoms with E-state index in [9.17, 15) is 4.79 Å². The van der Waals surface area contributed by atoms with Gasteiger partial charge in [-0.3, -0.25) is 4.79 Å². The molecule has 0 saturated heterocycles. The molecule has 3 rings (SSSR count). The van der Waals surface area contributed by atoms with Gasteiger partial charge in [0.1, 0.15) is 17.3 Å². The van der Waals surface area contributed by atoms with Crippen molar-refractivity contribution in [3.63, 3.8) is 0 Å². The SMILES string of the molecule is COc1ccc(CC(=O)Nc2ccnn2Cc2ccc(Br)cc2)c(OC)c1. The van der Waals surface area contributed by atoms with Crippen LogP contribution in [-0.4, -0.2) is 29.9 Å². The van der Waals surface area contributed by atoms with Crippen LogP contribution in [0.25, 0.3) is 0 Å². The molecule has 1 amide bonds. The summed E-state index contributed by atoms with van der Waals surface area (Å²) in [5.74, 6) is 1.81. The lowest BCUT2D eigenvalue weighted by atomic mass is 10.1.